The highest BCUT2D eigenvalue weighted by molar-refractivity contribution is 7.21. The van der Waals surface area contributed by atoms with Crippen LogP contribution in [0.15, 0.2) is 65.1 Å². The van der Waals surface area contributed by atoms with Crippen LogP contribution in [0.25, 0.3) is 21.0 Å². The molecule has 3 heterocycles. The third-order valence-corrected chi connectivity index (χ3v) is 6.17. The number of benzene rings is 2. The number of amides is 1. The largest absolute Gasteiger partial charge is 0.480 e. The maximum absolute atomic E-state index is 13.1. The van der Waals surface area contributed by atoms with E-state index < -0.39 is 17.9 Å². The van der Waals surface area contributed by atoms with E-state index in [0.29, 0.717) is 10.8 Å². The van der Waals surface area contributed by atoms with Gasteiger partial charge in [-0.15, -0.1) is 11.3 Å². The van der Waals surface area contributed by atoms with Crippen molar-refractivity contribution in [2.75, 3.05) is 0 Å². The summed E-state index contributed by atoms with van der Waals surface area (Å²) in [5, 5.41) is 10.3. The van der Waals surface area contributed by atoms with Gasteiger partial charge < -0.3 is 14.4 Å². The summed E-state index contributed by atoms with van der Waals surface area (Å²) in [5.74, 6) is -0.839. The molecule has 7 heteroatoms. The molecule has 1 aliphatic rings. The number of carbonyl (C=O) groups excluding carboxylic acids is 1. The smallest absolute Gasteiger partial charge is 0.326 e. The quantitative estimate of drug-likeness (QED) is 0.553. The molecule has 6 nitrogen and oxygen atoms in total. The maximum Gasteiger partial charge on any atom is 0.326 e. The number of carboxylic acids is 1. The van der Waals surface area contributed by atoms with Gasteiger partial charge in [-0.25, -0.2) is 9.78 Å². The van der Waals surface area contributed by atoms with Crippen LogP contribution in [-0.4, -0.2) is 32.9 Å². The second kappa shape index (κ2) is 6.86. The number of nitrogens with zero attached hydrogens (tertiary/aromatic N) is 2. The molecule has 0 spiro atoms. The van der Waals surface area contributed by atoms with E-state index in [2.05, 4.69) is 4.98 Å². The highest BCUT2D eigenvalue weighted by atomic mass is 32.1. The molecule has 144 valence electrons. The highest BCUT2D eigenvalue weighted by Crippen LogP contribution is 2.32. The van der Waals surface area contributed by atoms with Gasteiger partial charge in [0, 0.05) is 13.0 Å². The van der Waals surface area contributed by atoms with Crippen molar-refractivity contribution < 1.29 is 19.1 Å². The van der Waals surface area contributed by atoms with Gasteiger partial charge in [0.2, 0.25) is 0 Å². The molecule has 0 bridgehead atoms. The molecule has 0 saturated carbocycles. The number of carbonyl (C=O) groups is 2. The van der Waals surface area contributed by atoms with Gasteiger partial charge in [0.05, 0.1) is 10.2 Å². The molecule has 0 unspecified atom stereocenters. The molecule has 0 radical (unpaired) electrons. The standard InChI is InChI=1S/C22H16N2O4S/c25-21(24-12-14-6-2-1-5-13(14)11-16(24)22(26)27)18-10-9-17(28-18)20-23-15-7-3-4-8-19(15)29-20/h1-10,16H,11-12H2,(H,26,27)/t16-/m0/s1. The van der Waals surface area contributed by atoms with Crippen molar-refractivity contribution in [3.8, 4) is 10.8 Å². The minimum atomic E-state index is -1.02. The number of hydrogen-bond acceptors (Lipinski definition) is 5. The number of rotatable bonds is 3. The Labute approximate surface area is 170 Å². The second-order valence-electron chi connectivity index (χ2n) is 6.91. The molecule has 4 aromatic rings. The molecule has 1 aliphatic heterocycles. The van der Waals surface area contributed by atoms with Crippen molar-refractivity contribution in [2.24, 2.45) is 0 Å². The summed E-state index contributed by atoms with van der Waals surface area (Å²) in [7, 11) is 0. The summed E-state index contributed by atoms with van der Waals surface area (Å²) < 4.78 is 6.83. The Morgan fingerprint density at radius 2 is 1.79 bits per heavy atom. The van der Waals surface area contributed by atoms with Crippen molar-refractivity contribution in [1.82, 2.24) is 9.88 Å². The van der Waals surface area contributed by atoms with E-state index in [1.165, 1.54) is 16.2 Å². The van der Waals surface area contributed by atoms with Crippen LogP contribution in [0.3, 0.4) is 0 Å². The predicted molar refractivity (Wildman–Crippen MR) is 109 cm³/mol. The van der Waals surface area contributed by atoms with E-state index in [-0.39, 0.29) is 18.7 Å². The molecule has 29 heavy (non-hydrogen) atoms. The molecule has 2 aromatic carbocycles. The molecule has 1 amide bonds. The van der Waals surface area contributed by atoms with Crippen molar-refractivity contribution in [1.29, 1.82) is 0 Å². The van der Waals surface area contributed by atoms with Crippen molar-refractivity contribution in [2.45, 2.75) is 19.0 Å². The topological polar surface area (TPSA) is 83.6 Å². The fourth-order valence-corrected chi connectivity index (χ4v) is 4.57. The van der Waals surface area contributed by atoms with Gasteiger partial charge in [-0.2, -0.15) is 0 Å². The van der Waals surface area contributed by atoms with Gasteiger partial charge in [0.1, 0.15) is 6.04 Å². The summed E-state index contributed by atoms with van der Waals surface area (Å²) >= 11 is 1.48. The first kappa shape index (κ1) is 17.6. The number of para-hydroxylation sites is 1. The molecule has 2 aromatic heterocycles. The Bertz CT molecular complexity index is 1210. The maximum atomic E-state index is 13.1. The SMILES string of the molecule is O=C(O)[C@@H]1Cc2ccccc2CN1C(=O)c1ccc(-c2nc3ccccc3s2)o1. The minimum absolute atomic E-state index is 0.116. The molecule has 0 saturated heterocycles. The number of fused-ring (bicyclic) bond motifs is 2. The van der Waals surface area contributed by atoms with Gasteiger partial charge in [0.25, 0.3) is 5.91 Å². The summed E-state index contributed by atoms with van der Waals surface area (Å²) in [6, 6.07) is 17.7. The van der Waals surface area contributed by atoms with E-state index in [4.69, 9.17) is 4.42 Å². The van der Waals surface area contributed by atoms with Crippen LogP contribution in [0.5, 0.6) is 0 Å². The summed E-state index contributed by atoms with van der Waals surface area (Å²) in [6.45, 7) is 0.239. The van der Waals surface area contributed by atoms with Crippen LogP contribution < -0.4 is 0 Å². The van der Waals surface area contributed by atoms with E-state index in [0.717, 1.165) is 21.3 Å². The molecule has 1 atom stereocenters. The average Bonchev–Trinajstić information content (AvgIpc) is 3.39. The van der Waals surface area contributed by atoms with Gasteiger partial charge in [-0.3, -0.25) is 4.79 Å². The highest BCUT2D eigenvalue weighted by Gasteiger charge is 2.36. The second-order valence-corrected chi connectivity index (χ2v) is 7.94. The third-order valence-electron chi connectivity index (χ3n) is 5.12. The van der Waals surface area contributed by atoms with Crippen molar-refractivity contribution in [3.63, 3.8) is 0 Å². The molecule has 0 fully saturated rings. The Hall–Kier alpha value is -3.45. The van der Waals surface area contributed by atoms with Crippen LogP contribution in [0.4, 0.5) is 0 Å². The monoisotopic (exact) mass is 404 g/mol. The van der Waals surface area contributed by atoms with Crippen LogP contribution in [0.2, 0.25) is 0 Å². The Morgan fingerprint density at radius 3 is 2.59 bits per heavy atom. The minimum Gasteiger partial charge on any atom is -0.480 e. The van der Waals surface area contributed by atoms with Gasteiger partial charge >= 0.3 is 5.97 Å². The lowest BCUT2D eigenvalue weighted by Crippen LogP contribution is -2.48. The zero-order valence-corrected chi connectivity index (χ0v) is 16.1. The number of aromatic nitrogens is 1. The van der Waals surface area contributed by atoms with Crippen molar-refractivity contribution >= 4 is 33.4 Å². The van der Waals surface area contributed by atoms with E-state index in [1.807, 2.05) is 48.5 Å². The first-order valence-electron chi connectivity index (χ1n) is 9.16. The van der Waals surface area contributed by atoms with Gasteiger partial charge in [0.15, 0.2) is 16.5 Å². The molecular weight excluding hydrogens is 388 g/mol. The Morgan fingerprint density at radius 1 is 1.03 bits per heavy atom. The number of hydrogen-bond donors (Lipinski definition) is 1. The van der Waals surface area contributed by atoms with Crippen molar-refractivity contribution in [3.05, 3.63) is 77.6 Å². The molecular formula is C22H16N2O4S. The number of aliphatic carboxylic acids is 1. The van der Waals surface area contributed by atoms with Gasteiger partial charge in [-0.1, -0.05) is 36.4 Å². The van der Waals surface area contributed by atoms with Crippen LogP contribution in [-0.2, 0) is 17.8 Å². The lowest BCUT2D eigenvalue weighted by Gasteiger charge is -2.33. The lowest BCUT2D eigenvalue weighted by molar-refractivity contribution is -0.142. The number of furan rings is 1. The zero-order chi connectivity index (χ0) is 20.0. The Kier molecular flexibility index (Phi) is 4.17. The van der Waals surface area contributed by atoms with Crippen LogP contribution in [0, 0.1) is 0 Å². The van der Waals surface area contributed by atoms with Crippen LogP contribution >= 0.6 is 11.3 Å². The lowest BCUT2D eigenvalue weighted by atomic mass is 9.94. The van der Waals surface area contributed by atoms with E-state index >= 15 is 0 Å². The number of thiazole rings is 1. The average molecular weight is 404 g/mol. The molecule has 1 N–H and O–H groups in total. The molecule has 5 rings (SSSR count). The first-order valence-corrected chi connectivity index (χ1v) is 9.98. The predicted octanol–water partition coefficient (Wildman–Crippen LogP) is 4.21. The summed E-state index contributed by atoms with van der Waals surface area (Å²) in [6.07, 6.45) is 0.280. The normalized spacial score (nSPS) is 16.0. The fourth-order valence-electron chi connectivity index (χ4n) is 3.64. The Balaban J connectivity index is 1.46. The summed E-state index contributed by atoms with van der Waals surface area (Å²) in [5.41, 5.74) is 2.78. The van der Waals surface area contributed by atoms with Crippen LogP contribution in [0.1, 0.15) is 21.7 Å². The zero-order valence-electron chi connectivity index (χ0n) is 15.2. The van der Waals surface area contributed by atoms with E-state index in [1.54, 1.807) is 12.1 Å². The fraction of sp³-hybridized carbons (Fsp3) is 0.136. The van der Waals surface area contributed by atoms with Gasteiger partial charge in [-0.05, 0) is 35.4 Å². The van der Waals surface area contributed by atoms with E-state index in [9.17, 15) is 14.7 Å². The first-order chi connectivity index (χ1) is 14.1. The molecule has 0 aliphatic carbocycles. The third kappa shape index (κ3) is 3.09. The summed E-state index contributed by atoms with van der Waals surface area (Å²) in [4.78, 5) is 30.8. The number of carboxylic acid groups (broad SMARTS) is 1.